The van der Waals surface area contributed by atoms with Crippen molar-refractivity contribution in [1.82, 2.24) is 0 Å². The minimum absolute atomic E-state index is 0.447. The van der Waals surface area contributed by atoms with Crippen molar-refractivity contribution in [1.29, 1.82) is 0 Å². The Labute approximate surface area is 367 Å². The Balaban J connectivity index is 1.31. The molecule has 10 rings (SSSR count). The van der Waals surface area contributed by atoms with E-state index in [0.29, 0.717) is 11.8 Å². The molecule has 10 aromatic carbocycles. The summed E-state index contributed by atoms with van der Waals surface area (Å²) < 4.78 is 0. The highest BCUT2D eigenvalue weighted by Gasteiger charge is 2.26. The van der Waals surface area contributed by atoms with Gasteiger partial charge in [-0.25, -0.2) is 0 Å². The number of fused-ring (bicyclic) bond motifs is 2. The van der Waals surface area contributed by atoms with Crippen LogP contribution in [0.15, 0.2) is 146 Å². The summed E-state index contributed by atoms with van der Waals surface area (Å²) in [6.45, 7) is 22.6. The van der Waals surface area contributed by atoms with E-state index in [-0.39, 0.29) is 0 Å². The van der Waals surface area contributed by atoms with Gasteiger partial charge in [-0.2, -0.15) is 0 Å². The van der Waals surface area contributed by atoms with E-state index in [4.69, 9.17) is 0 Å². The maximum atomic E-state index is 2.55. The molecule has 2 nitrogen and oxygen atoms in total. The van der Waals surface area contributed by atoms with E-state index >= 15 is 0 Å². The van der Waals surface area contributed by atoms with Crippen LogP contribution in [0.1, 0.15) is 84.0 Å². The summed E-state index contributed by atoms with van der Waals surface area (Å²) in [5.41, 5.74) is 17.4. The van der Waals surface area contributed by atoms with Gasteiger partial charge in [0.2, 0.25) is 0 Å². The number of hydrogen-bond acceptors (Lipinski definition) is 2. The molecule has 0 aliphatic heterocycles. The van der Waals surface area contributed by atoms with Crippen LogP contribution in [0.4, 0.5) is 34.1 Å². The van der Waals surface area contributed by atoms with E-state index in [2.05, 4.69) is 225 Å². The second-order valence-corrected chi connectivity index (χ2v) is 18.6. The molecule has 0 N–H and O–H groups in total. The molecule has 0 fully saturated rings. The molecule has 0 heterocycles. The number of benzene rings is 10. The van der Waals surface area contributed by atoms with Crippen LogP contribution in [-0.4, -0.2) is 0 Å². The first kappa shape index (κ1) is 39.5. The highest BCUT2D eigenvalue weighted by molar-refractivity contribution is 6.29. The molecule has 0 saturated carbocycles. The predicted octanol–water partition coefficient (Wildman–Crippen LogP) is 17.9. The predicted molar refractivity (Wildman–Crippen MR) is 271 cm³/mol. The smallest absolute Gasteiger partial charge is 0.0569 e. The summed E-state index contributed by atoms with van der Waals surface area (Å²) in [5, 5.41) is 12.7. The highest BCUT2D eigenvalue weighted by atomic mass is 15.2. The molecular formula is C60H56N2. The molecule has 0 aliphatic carbocycles. The van der Waals surface area contributed by atoms with Crippen molar-refractivity contribution in [3.8, 4) is 0 Å². The molecule has 62 heavy (non-hydrogen) atoms. The Morgan fingerprint density at radius 2 is 0.677 bits per heavy atom. The molecule has 0 spiro atoms. The summed E-state index contributed by atoms with van der Waals surface area (Å²) in [6.07, 6.45) is 0. The van der Waals surface area contributed by atoms with Gasteiger partial charge in [-0.1, -0.05) is 136 Å². The molecule has 0 aliphatic rings. The number of aryl methyl sites for hydroxylation is 6. The molecule has 0 bridgehead atoms. The first-order valence-electron chi connectivity index (χ1n) is 22.4. The summed E-state index contributed by atoms with van der Waals surface area (Å²) >= 11 is 0. The fraction of sp³-hybridized carbons (Fsp3) is 0.200. The van der Waals surface area contributed by atoms with Gasteiger partial charge >= 0.3 is 0 Å². The molecular weight excluding hydrogens is 749 g/mol. The standard InChI is InChI=1S/C60H56N2/c1-35(2)43-19-23-47(24-20-43)61(59-39(7)13-17-45-15-11-37(5)31-53(45)59)55-33-41(9)49-28-30-52-56(34-42(10)50-27-29-51(55)57(49)58(50)52)62(48-25-21-44(22-26-48)36(3)4)60-40(8)14-18-46-16-12-38(6)32-54(46)60/h11-36H,1-10H3. The van der Waals surface area contributed by atoms with Crippen LogP contribution >= 0.6 is 0 Å². The Kier molecular flexibility index (Phi) is 9.60. The third-order valence-corrected chi connectivity index (χ3v) is 13.5. The second kappa shape index (κ2) is 15.1. The summed E-state index contributed by atoms with van der Waals surface area (Å²) in [5.74, 6) is 0.895. The lowest BCUT2D eigenvalue weighted by Crippen LogP contribution is -2.14. The van der Waals surface area contributed by atoms with Gasteiger partial charge in [-0.05, 0) is 168 Å². The SMILES string of the molecule is Cc1ccc2ccc(C)c(N(c3ccc(C(C)C)cc3)c3cc(C)c4ccc5c(N(c6ccc(C(C)C)cc6)c6c(C)ccc7ccc(C)cc67)cc(C)c6ccc3c4c65)c2c1. The molecule has 306 valence electrons. The average molecular weight is 805 g/mol. The molecule has 0 atom stereocenters. The van der Waals surface area contributed by atoms with Gasteiger partial charge in [0, 0.05) is 32.9 Å². The second-order valence-electron chi connectivity index (χ2n) is 18.6. The number of anilines is 6. The van der Waals surface area contributed by atoms with Crippen molar-refractivity contribution >= 4 is 88.0 Å². The van der Waals surface area contributed by atoms with Crippen molar-refractivity contribution in [2.75, 3.05) is 9.80 Å². The molecule has 0 saturated heterocycles. The molecule has 0 radical (unpaired) electrons. The largest absolute Gasteiger partial charge is 0.309 e. The molecule has 2 heteroatoms. The van der Waals surface area contributed by atoms with Crippen LogP contribution in [0.2, 0.25) is 0 Å². The van der Waals surface area contributed by atoms with Crippen LogP contribution in [-0.2, 0) is 0 Å². The van der Waals surface area contributed by atoms with E-state index < -0.39 is 0 Å². The monoisotopic (exact) mass is 804 g/mol. The molecule has 10 aromatic rings. The molecule has 0 aromatic heterocycles. The zero-order valence-electron chi connectivity index (χ0n) is 37.9. The van der Waals surface area contributed by atoms with Gasteiger partial charge < -0.3 is 9.80 Å². The summed E-state index contributed by atoms with van der Waals surface area (Å²) in [7, 11) is 0. The molecule has 0 unspecified atom stereocenters. The minimum atomic E-state index is 0.447. The molecule has 0 amide bonds. The van der Waals surface area contributed by atoms with Crippen LogP contribution in [0.25, 0.3) is 53.9 Å². The van der Waals surface area contributed by atoms with E-state index in [9.17, 15) is 0 Å². The van der Waals surface area contributed by atoms with Crippen LogP contribution in [0, 0.1) is 41.5 Å². The number of hydrogen-bond donors (Lipinski definition) is 0. The van der Waals surface area contributed by atoms with Gasteiger partial charge in [-0.3, -0.25) is 0 Å². The van der Waals surface area contributed by atoms with E-state index in [1.54, 1.807) is 0 Å². The Bertz CT molecular complexity index is 3110. The van der Waals surface area contributed by atoms with Crippen molar-refractivity contribution in [2.24, 2.45) is 0 Å². The first-order valence-corrected chi connectivity index (χ1v) is 22.4. The van der Waals surface area contributed by atoms with E-state index in [1.807, 2.05) is 0 Å². The third-order valence-electron chi connectivity index (χ3n) is 13.5. The summed E-state index contributed by atoms with van der Waals surface area (Å²) in [4.78, 5) is 5.11. The minimum Gasteiger partial charge on any atom is -0.309 e. The maximum Gasteiger partial charge on any atom is 0.0569 e. The number of rotatable bonds is 8. The zero-order chi connectivity index (χ0) is 43.1. The lowest BCUT2D eigenvalue weighted by molar-refractivity contribution is 0.866. The lowest BCUT2D eigenvalue weighted by Gasteiger charge is -2.32. The van der Waals surface area contributed by atoms with Crippen molar-refractivity contribution in [3.63, 3.8) is 0 Å². The fourth-order valence-corrected chi connectivity index (χ4v) is 10.1. The maximum absolute atomic E-state index is 2.55. The van der Waals surface area contributed by atoms with Crippen LogP contribution in [0.3, 0.4) is 0 Å². The summed E-state index contributed by atoms with van der Waals surface area (Å²) in [6, 6.07) is 55.9. The number of nitrogens with zero attached hydrogens (tertiary/aromatic N) is 2. The van der Waals surface area contributed by atoms with Crippen molar-refractivity contribution in [3.05, 3.63) is 190 Å². The Hall–Kier alpha value is -6.64. The van der Waals surface area contributed by atoms with Crippen molar-refractivity contribution < 1.29 is 0 Å². The van der Waals surface area contributed by atoms with Gasteiger partial charge in [0.25, 0.3) is 0 Å². The Morgan fingerprint density at radius 3 is 1.05 bits per heavy atom. The Morgan fingerprint density at radius 1 is 0.323 bits per heavy atom. The van der Waals surface area contributed by atoms with Gasteiger partial charge in [0.1, 0.15) is 0 Å². The van der Waals surface area contributed by atoms with Crippen LogP contribution < -0.4 is 9.80 Å². The van der Waals surface area contributed by atoms with Gasteiger partial charge in [0.15, 0.2) is 0 Å². The zero-order valence-corrected chi connectivity index (χ0v) is 37.9. The normalized spacial score (nSPS) is 12.0. The fourth-order valence-electron chi connectivity index (χ4n) is 10.1. The topological polar surface area (TPSA) is 6.48 Å². The van der Waals surface area contributed by atoms with Gasteiger partial charge in [-0.15, -0.1) is 0 Å². The lowest BCUT2D eigenvalue weighted by atomic mass is 9.87. The van der Waals surface area contributed by atoms with Crippen molar-refractivity contribution in [2.45, 2.75) is 81.1 Å². The third kappa shape index (κ3) is 6.39. The first-order chi connectivity index (χ1) is 29.9. The van der Waals surface area contributed by atoms with Crippen LogP contribution in [0.5, 0.6) is 0 Å². The highest BCUT2D eigenvalue weighted by Crippen LogP contribution is 2.51. The van der Waals surface area contributed by atoms with Gasteiger partial charge in [0.05, 0.1) is 22.7 Å². The van der Waals surface area contributed by atoms with E-state index in [0.717, 1.165) is 11.4 Å². The average Bonchev–Trinajstić information content (AvgIpc) is 3.26. The quantitative estimate of drug-likeness (QED) is 0.141. The van der Waals surface area contributed by atoms with E-state index in [1.165, 1.54) is 121 Å².